The Morgan fingerprint density at radius 2 is 1.94 bits per heavy atom. The van der Waals surface area contributed by atoms with Gasteiger partial charge in [0.25, 0.3) is 0 Å². The fourth-order valence-corrected chi connectivity index (χ4v) is 1.31. The van der Waals surface area contributed by atoms with Gasteiger partial charge in [-0.05, 0) is 30.0 Å². The Bertz CT molecular complexity index is 341. The van der Waals surface area contributed by atoms with E-state index in [0.717, 1.165) is 12.8 Å². The number of carbonyl (C=O) groups is 1. The highest BCUT2D eigenvalue weighted by molar-refractivity contribution is 5.88. The Morgan fingerprint density at radius 3 is 2.47 bits per heavy atom. The summed E-state index contributed by atoms with van der Waals surface area (Å²) in [5.74, 6) is -0.00209. The lowest BCUT2D eigenvalue weighted by molar-refractivity contribution is -0.241. The lowest BCUT2D eigenvalue weighted by Crippen LogP contribution is -2.07. The van der Waals surface area contributed by atoms with Crippen LogP contribution in [0, 0.1) is 6.92 Å². The molecule has 0 aliphatic heterocycles. The van der Waals surface area contributed by atoms with E-state index in [0.29, 0.717) is 18.1 Å². The van der Waals surface area contributed by atoms with Crippen LogP contribution in [0.1, 0.15) is 48.5 Å². The molecule has 3 heteroatoms. The molecular weight excluding hydrogens is 216 g/mol. The molecule has 17 heavy (non-hydrogen) atoms. The number of hydrogen-bond donors (Lipinski definition) is 0. The second-order valence-electron chi connectivity index (χ2n) is 4.18. The van der Waals surface area contributed by atoms with E-state index in [1.54, 1.807) is 12.1 Å². The first kappa shape index (κ1) is 13.7. The Kier molecular flexibility index (Phi) is 5.70. The van der Waals surface area contributed by atoms with Crippen LogP contribution >= 0.6 is 0 Å². The summed E-state index contributed by atoms with van der Waals surface area (Å²) in [5, 5.41) is 0. The monoisotopic (exact) mass is 235 g/mol. The molecule has 1 aromatic carbocycles. The summed E-state index contributed by atoms with van der Waals surface area (Å²) in [6.07, 6.45) is 1.54. The molecule has 0 amide bonds. The van der Waals surface area contributed by atoms with Crippen molar-refractivity contribution in [2.75, 3.05) is 6.61 Å². The average Bonchev–Trinajstić information content (AvgIpc) is 2.34. The van der Waals surface area contributed by atoms with Crippen LogP contribution in [-0.4, -0.2) is 12.6 Å². The van der Waals surface area contributed by atoms with Gasteiger partial charge in [-0.2, -0.15) is 4.89 Å². The zero-order valence-electron chi connectivity index (χ0n) is 10.4. The van der Waals surface area contributed by atoms with E-state index < -0.39 is 5.97 Å². The van der Waals surface area contributed by atoms with Gasteiger partial charge in [-0.15, -0.1) is 0 Å². The molecule has 0 aromatic heterocycles. The first-order chi connectivity index (χ1) is 8.15. The molecule has 1 rings (SSSR count). The van der Waals surface area contributed by atoms with Crippen LogP contribution < -0.4 is 0 Å². The molecule has 0 saturated heterocycles. The van der Waals surface area contributed by atoms with Crippen molar-refractivity contribution in [2.24, 2.45) is 0 Å². The van der Waals surface area contributed by atoms with Crippen LogP contribution in [-0.2, 0) is 9.78 Å². The maximum absolute atomic E-state index is 11.5. The van der Waals surface area contributed by atoms with Gasteiger partial charge >= 0.3 is 5.97 Å². The van der Waals surface area contributed by atoms with Crippen LogP contribution in [0.3, 0.4) is 0 Å². The number of rotatable bonds is 6. The van der Waals surface area contributed by atoms with Crippen molar-refractivity contribution >= 4 is 5.97 Å². The minimum atomic E-state index is -0.454. The maximum atomic E-state index is 11.5. The molecule has 0 fully saturated rings. The summed E-state index contributed by atoms with van der Waals surface area (Å²) < 4.78 is 0. The predicted molar refractivity (Wildman–Crippen MR) is 66.5 cm³/mol. The van der Waals surface area contributed by atoms with Crippen LogP contribution in [0.25, 0.3) is 0 Å². The van der Waals surface area contributed by atoms with Crippen LogP contribution in [0.2, 0.25) is 0 Å². The number of unbranched alkanes of at least 4 members (excludes halogenated alkanes) is 1. The molecule has 1 radical (unpaired) electrons. The first-order valence-corrected chi connectivity index (χ1v) is 5.88. The molecule has 0 heterocycles. The molecule has 93 valence electrons. The van der Waals surface area contributed by atoms with E-state index in [2.05, 4.69) is 25.7 Å². The predicted octanol–water partition coefficient (Wildman–Crippen LogP) is 3.51. The molecule has 0 spiro atoms. The molecule has 0 bridgehead atoms. The second-order valence-corrected chi connectivity index (χ2v) is 4.18. The van der Waals surface area contributed by atoms with Gasteiger partial charge in [-0.3, -0.25) is 4.89 Å². The van der Waals surface area contributed by atoms with E-state index >= 15 is 0 Å². The van der Waals surface area contributed by atoms with Crippen LogP contribution in [0.4, 0.5) is 0 Å². The van der Waals surface area contributed by atoms with Crippen molar-refractivity contribution < 1.29 is 14.6 Å². The summed E-state index contributed by atoms with van der Waals surface area (Å²) in [6.45, 7) is 8.27. The smallest absolute Gasteiger partial charge is 0.293 e. The van der Waals surface area contributed by atoms with Crippen molar-refractivity contribution in [3.63, 3.8) is 0 Å². The van der Waals surface area contributed by atoms with Crippen LogP contribution in [0.5, 0.6) is 0 Å². The van der Waals surface area contributed by atoms with Gasteiger partial charge in [0.2, 0.25) is 0 Å². The maximum Gasteiger partial charge on any atom is 0.373 e. The largest absolute Gasteiger partial charge is 0.373 e. The summed E-state index contributed by atoms with van der Waals surface area (Å²) >= 11 is 0. The zero-order valence-corrected chi connectivity index (χ0v) is 10.4. The molecule has 0 aliphatic rings. The van der Waals surface area contributed by atoms with Gasteiger partial charge in [0.1, 0.15) is 0 Å². The first-order valence-electron chi connectivity index (χ1n) is 5.88. The fourth-order valence-electron chi connectivity index (χ4n) is 1.31. The minimum absolute atomic E-state index is 0.388. The van der Waals surface area contributed by atoms with Gasteiger partial charge in [-0.25, -0.2) is 4.79 Å². The van der Waals surface area contributed by atoms with Gasteiger partial charge in [0.15, 0.2) is 0 Å². The molecule has 0 aliphatic carbocycles. The topological polar surface area (TPSA) is 35.5 Å². The van der Waals surface area contributed by atoms with E-state index in [1.165, 1.54) is 5.56 Å². The molecule has 1 aromatic rings. The molecule has 0 saturated carbocycles. The van der Waals surface area contributed by atoms with Crippen molar-refractivity contribution in [3.05, 3.63) is 42.3 Å². The highest BCUT2D eigenvalue weighted by Crippen LogP contribution is 2.15. The SMILES string of the molecule is [CH2]CCCOOC(=O)c1ccc(C(C)C)cc1. The average molecular weight is 235 g/mol. The van der Waals surface area contributed by atoms with Crippen molar-refractivity contribution in [1.82, 2.24) is 0 Å². The molecule has 0 atom stereocenters. The van der Waals surface area contributed by atoms with E-state index in [9.17, 15) is 4.79 Å². The standard InChI is InChI=1S/C14H19O3/c1-4-5-10-16-17-14(15)13-8-6-12(7-9-13)11(2)3/h6-9,11H,1,4-5,10H2,2-3H3. The van der Waals surface area contributed by atoms with Gasteiger partial charge < -0.3 is 0 Å². The molecule has 0 unspecified atom stereocenters. The van der Waals surface area contributed by atoms with Crippen molar-refractivity contribution in [1.29, 1.82) is 0 Å². The normalized spacial score (nSPS) is 10.6. The minimum Gasteiger partial charge on any atom is -0.293 e. The van der Waals surface area contributed by atoms with E-state index in [-0.39, 0.29) is 0 Å². The summed E-state index contributed by atoms with van der Waals surface area (Å²) in [5.41, 5.74) is 1.70. The third-order valence-electron chi connectivity index (χ3n) is 2.43. The number of carbonyl (C=O) groups excluding carboxylic acids is 1. The highest BCUT2D eigenvalue weighted by Gasteiger charge is 2.08. The van der Waals surface area contributed by atoms with Crippen molar-refractivity contribution in [2.45, 2.75) is 32.6 Å². The van der Waals surface area contributed by atoms with E-state index in [4.69, 9.17) is 4.89 Å². The lowest BCUT2D eigenvalue weighted by Gasteiger charge is -2.06. The Hall–Kier alpha value is -1.35. The number of hydrogen-bond acceptors (Lipinski definition) is 3. The van der Waals surface area contributed by atoms with Crippen LogP contribution in [0.15, 0.2) is 24.3 Å². The Balaban J connectivity index is 2.46. The molecule has 3 nitrogen and oxygen atoms in total. The number of benzene rings is 1. The Morgan fingerprint density at radius 1 is 1.29 bits per heavy atom. The van der Waals surface area contributed by atoms with Gasteiger partial charge in [0.05, 0.1) is 12.2 Å². The summed E-state index contributed by atoms with van der Waals surface area (Å²) in [4.78, 5) is 21.0. The quantitative estimate of drug-likeness (QED) is 0.430. The summed E-state index contributed by atoms with van der Waals surface area (Å²) in [7, 11) is 0. The Labute approximate surface area is 103 Å². The fraction of sp³-hybridized carbons (Fsp3) is 0.429. The highest BCUT2D eigenvalue weighted by atomic mass is 17.2. The zero-order chi connectivity index (χ0) is 12.7. The third kappa shape index (κ3) is 4.57. The lowest BCUT2D eigenvalue weighted by atomic mass is 10.0. The van der Waals surface area contributed by atoms with Gasteiger partial charge in [-0.1, -0.05) is 39.3 Å². The van der Waals surface area contributed by atoms with Gasteiger partial charge in [0, 0.05) is 0 Å². The van der Waals surface area contributed by atoms with E-state index in [1.807, 2.05) is 12.1 Å². The third-order valence-corrected chi connectivity index (χ3v) is 2.43. The van der Waals surface area contributed by atoms with Crippen molar-refractivity contribution in [3.8, 4) is 0 Å². The molecule has 0 N–H and O–H groups in total. The second kappa shape index (κ2) is 7.07. The summed E-state index contributed by atoms with van der Waals surface area (Å²) in [6, 6.07) is 7.36. The molecular formula is C14H19O3.